The smallest absolute Gasteiger partial charge is 0.101 e. The van der Waals surface area contributed by atoms with E-state index in [1.807, 2.05) is 6.07 Å². The van der Waals surface area contributed by atoms with Crippen LogP contribution >= 0.6 is 0 Å². The summed E-state index contributed by atoms with van der Waals surface area (Å²) >= 11 is 0. The molecule has 4 unspecified atom stereocenters. The molecule has 0 aliphatic carbocycles. The number of hydrogen-bond donors (Lipinski definition) is 5. The van der Waals surface area contributed by atoms with Crippen molar-refractivity contribution in [1.82, 2.24) is 5.32 Å². The molecular formula is C11H16N2O3. The van der Waals surface area contributed by atoms with Crippen molar-refractivity contribution < 1.29 is 15.3 Å². The Kier molecular flexibility index (Phi) is 3.11. The largest absolute Gasteiger partial charge is 0.399 e. The van der Waals surface area contributed by atoms with Gasteiger partial charge in [-0.25, -0.2) is 0 Å². The van der Waals surface area contributed by atoms with E-state index in [0.29, 0.717) is 5.69 Å². The first-order chi connectivity index (χ1) is 7.63. The summed E-state index contributed by atoms with van der Waals surface area (Å²) in [6.07, 6.45) is -1.89. The van der Waals surface area contributed by atoms with Crippen molar-refractivity contribution in [2.45, 2.75) is 24.3 Å². The van der Waals surface area contributed by atoms with Crippen molar-refractivity contribution in [1.29, 1.82) is 0 Å². The van der Waals surface area contributed by atoms with E-state index in [1.54, 1.807) is 18.2 Å². The quantitative estimate of drug-likeness (QED) is 0.415. The second-order valence-corrected chi connectivity index (χ2v) is 4.08. The van der Waals surface area contributed by atoms with Gasteiger partial charge >= 0.3 is 0 Å². The number of aliphatic hydroxyl groups is 3. The molecule has 1 aliphatic heterocycles. The first-order valence-electron chi connectivity index (χ1n) is 5.22. The normalized spacial score (nSPS) is 34.2. The van der Waals surface area contributed by atoms with Gasteiger partial charge in [0.25, 0.3) is 0 Å². The van der Waals surface area contributed by atoms with E-state index < -0.39 is 24.3 Å². The van der Waals surface area contributed by atoms with Crippen LogP contribution in [-0.4, -0.2) is 40.2 Å². The predicted molar refractivity (Wildman–Crippen MR) is 59.6 cm³/mol. The monoisotopic (exact) mass is 224 g/mol. The van der Waals surface area contributed by atoms with E-state index in [0.717, 1.165) is 5.56 Å². The molecule has 0 radical (unpaired) electrons. The van der Waals surface area contributed by atoms with Gasteiger partial charge in [0, 0.05) is 5.69 Å². The molecule has 1 saturated heterocycles. The number of aliphatic hydroxyl groups excluding tert-OH is 3. The van der Waals surface area contributed by atoms with E-state index in [2.05, 4.69) is 5.32 Å². The molecule has 2 rings (SSSR count). The van der Waals surface area contributed by atoms with E-state index in [1.165, 1.54) is 0 Å². The maximum atomic E-state index is 9.84. The van der Waals surface area contributed by atoms with Crippen LogP contribution in [0.2, 0.25) is 0 Å². The molecule has 1 aromatic rings. The van der Waals surface area contributed by atoms with Crippen molar-refractivity contribution >= 4 is 5.69 Å². The highest BCUT2D eigenvalue weighted by Gasteiger charge is 2.41. The maximum Gasteiger partial charge on any atom is 0.101 e. The molecule has 1 fully saturated rings. The van der Waals surface area contributed by atoms with Gasteiger partial charge in [-0.15, -0.1) is 0 Å². The highest BCUT2D eigenvalue weighted by atomic mass is 16.3. The Bertz CT molecular complexity index is 372. The molecule has 1 aliphatic rings. The van der Waals surface area contributed by atoms with Gasteiger partial charge < -0.3 is 26.4 Å². The fourth-order valence-corrected chi connectivity index (χ4v) is 2.07. The Morgan fingerprint density at radius 3 is 2.56 bits per heavy atom. The first-order valence-corrected chi connectivity index (χ1v) is 5.22. The molecule has 4 atom stereocenters. The average molecular weight is 224 g/mol. The summed E-state index contributed by atoms with van der Waals surface area (Å²) in [6, 6.07) is 6.22. The third-order valence-corrected chi connectivity index (χ3v) is 2.96. The molecule has 0 bridgehead atoms. The second kappa shape index (κ2) is 4.39. The van der Waals surface area contributed by atoms with E-state index >= 15 is 0 Å². The first kappa shape index (κ1) is 11.3. The Hall–Kier alpha value is -1.14. The number of rotatable bonds is 2. The molecule has 0 amide bonds. The highest BCUT2D eigenvalue weighted by molar-refractivity contribution is 5.42. The summed E-state index contributed by atoms with van der Waals surface area (Å²) in [6.45, 7) is -0.211. The van der Waals surface area contributed by atoms with Gasteiger partial charge in [-0.2, -0.15) is 0 Å². The predicted octanol–water partition coefficient (Wildman–Crippen LogP) is -1.00. The minimum atomic E-state index is -0.962. The SMILES string of the molecule is Nc1cccc(C2NC(CO)C(O)C2O)c1. The van der Waals surface area contributed by atoms with Crippen molar-refractivity contribution in [2.75, 3.05) is 12.3 Å². The van der Waals surface area contributed by atoms with Crippen LogP contribution in [0, 0.1) is 0 Å². The van der Waals surface area contributed by atoms with Crippen LogP contribution in [0.5, 0.6) is 0 Å². The molecule has 5 heteroatoms. The highest BCUT2D eigenvalue weighted by Crippen LogP contribution is 2.28. The number of nitrogens with two attached hydrogens (primary N) is 1. The summed E-state index contributed by atoms with van der Waals surface area (Å²) in [5, 5.41) is 31.5. The zero-order valence-electron chi connectivity index (χ0n) is 8.74. The molecule has 0 saturated carbocycles. The fourth-order valence-electron chi connectivity index (χ4n) is 2.07. The molecular weight excluding hydrogens is 208 g/mol. The van der Waals surface area contributed by atoms with Gasteiger partial charge in [0.2, 0.25) is 0 Å². The summed E-state index contributed by atoms with van der Waals surface area (Å²) in [4.78, 5) is 0. The summed E-state index contributed by atoms with van der Waals surface area (Å²) in [5.41, 5.74) is 7.07. The van der Waals surface area contributed by atoms with E-state index in [-0.39, 0.29) is 6.61 Å². The van der Waals surface area contributed by atoms with Crippen LogP contribution in [0.3, 0.4) is 0 Å². The van der Waals surface area contributed by atoms with Crippen LogP contribution in [0.1, 0.15) is 11.6 Å². The Balaban J connectivity index is 2.23. The molecule has 88 valence electrons. The third-order valence-electron chi connectivity index (χ3n) is 2.96. The molecule has 16 heavy (non-hydrogen) atoms. The minimum absolute atomic E-state index is 0.211. The van der Waals surface area contributed by atoms with Gasteiger partial charge in [0.05, 0.1) is 24.8 Å². The van der Waals surface area contributed by atoms with Crippen LogP contribution < -0.4 is 11.1 Å². The second-order valence-electron chi connectivity index (χ2n) is 4.08. The summed E-state index contributed by atoms with van der Waals surface area (Å²) in [7, 11) is 0. The Morgan fingerprint density at radius 2 is 2.00 bits per heavy atom. The van der Waals surface area contributed by atoms with Crippen molar-refractivity contribution in [3.63, 3.8) is 0 Å². The van der Waals surface area contributed by atoms with Gasteiger partial charge in [0.15, 0.2) is 0 Å². The lowest BCUT2D eigenvalue weighted by molar-refractivity contribution is 0.0194. The number of nitrogens with one attached hydrogen (secondary N) is 1. The fraction of sp³-hybridized carbons (Fsp3) is 0.455. The van der Waals surface area contributed by atoms with Gasteiger partial charge in [-0.05, 0) is 17.7 Å². The Morgan fingerprint density at radius 1 is 1.25 bits per heavy atom. The zero-order valence-corrected chi connectivity index (χ0v) is 8.74. The van der Waals surface area contributed by atoms with Crippen molar-refractivity contribution in [2.24, 2.45) is 0 Å². The average Bonchev–Trinajstić information content (AvgIpc) is 2.56. The van der Waals surface area contributed by atoms with E-state index in [4.69, 9.17) is 10.8 Å². The molecule has 1 aromatic carbocycles. The topological polar surface area (TPSA) is 98.7 Å². The van der Waals surface area contributed by atoms with Crippen molar-refractivity contribution in [3.8, 4) is 0 Å². The van der Waals surface area contributed by atoms with Crippen molar-refractivity contribution in [3.05, 3.63) is 29.8 Å². The summed E-state index contributed by atoms with van der Waals surface area (Å²) < 4.78 is 0. The molecule has 6 N–H and O–H groups in total. The molecule has 0 spiro atoms. The van der Waals surface area contributed by atoms with Crippen LogP contribution in [-0.2, 0) is 0 Å². The molecule has 0 aromatic heterocycles. The van der Waals surface area contributed by atoms with Crippen LogP contribution in [0.25, 0.3) is 0 Å². The molecule has 1 heterocycles. The summed E-state index contributed by atoms with van der Waals surface area (Å²) in [5.74, 6) is 0. The van der Waals surface area contributed by atoms with Gasteiger partial charge in [-0.1, -0.05) is 12.1 Å². The molecule has 5 nitrogen and oxygen atoms in total. The third kappa shape index (κ3) is 1.90. The number of anilines is 1. The lowest BCUT2D eigenvalue weighted by atomic mass is 10.0. The van der Waals surface area contributed by atoms with Crippen LogP contribution in [0.4, 0.5) is 5.69 Å². The number of hydrogen-bond acceptors (Lipinski definition) is 5. The Labute approximate surface area is 93.5 Å². The lowest BCUT2D eigenvalue weighted by Crippen LogP contribution is -2.35. The van der Waals surface area contributed by atoms with Crippen LogP contribution in [0.15, 0.2) is 24.3 Å². The maximum absolute atomic E-state index is 9.84. The van der Waals surface area contributed by atoms with Gasteiger partial charge in [-0.3, -0.25) is 0 Å². The minimum Gasteiger partial charge on any atom is -0.399 e. The standard InChI is InChI=1S/C11H16N2O3/c12-7-3-1-2-6(4-7)9-11(16)10(15)8(5-14)13-9/h1-4,8-11,13-16H,5,12H2. The number of nitrogen functional groups attached to an aromatic ring is 1. The zero-order chi connectivity index (χ0) is 11.7. The van der Waals surface area contributed by atoms with Gasteiger partial charge in [0.1, 0.15) is 6.10 Å². The lowest BCUT2D eigenvalue weighted by Gasteiger charge is -2.16. The van der Waals surface area contributed by atoms with E-state index in [9.17, 15) is 10.2 Å². The number of benzene rings is 1.